The standard InChI is InChI=1S/C15H19F3N4O3/c1-4-8(2)13(10-6-20-25-9(10)3)24-12-5-11(21-22-12)14(23)19-7-15(16,17)18/h5-6,8,13H,4,7H2,1-3H3,(H,19,23)(H,21,22). The first-order valence-electron chi connectivity index (χ1n) is 7.69. The summed E-state index contributed by atoms with van der Waals surface area (Å²) in [6, 6.07) is 1.25. The Morgan fingerprint density at radius 1 is 1.48 bits per heavy atom. The minimum Gasteiger partial charge on any atom is -0.468 e. The molecule has 2 rings (SSSR count). The summed E-state index contributed by atoms with van der Waals surface area (Å²) in [5.41, 5.74) is 0.629. The average molecular weight is 360 g/mol. The molecule has 0 fully saturated rings. The third kappa shape index (κ3) is 4.97. The van der Waals surface area contributed by atoms with E-state index in [1.54, 1.807) is 18.4 Å². The summed E-state index contributed by atoms with van der Waals surface area (Å²) >= 11 is 0. The Bertz CT molecular complexity index is 711. The smallest absolute Gasteiger partial charge is 0.405 e. The van der Waals surface area contributed by atoms with Crippen molar-refractivity contribution in [3.05, 3.63) is 29.3 Å². The van der Waals surface area contributed by atoms with Gasteiger partial charge in [-0.15, -0.1) is 5.10 Å². The number of hydrogen-bond donors (Lipinski definition) is 2. The van der Waals surface area contributed by atoms with E-state index in [2.05, 4.69) is 15.4 Å². The van der Waals surface area contributed by atoms with Gasteiger partial charge in [0.15, 0.2) is 0 Å². The number of carbonyl (C=O) groups excluding carboxylic acids is 1. The van der Waals surface area contributed by atoms with Gasteiger partial charge in [0, 0.05) is 6.07 Å². The molecule has 7 nitrogen and oxygen atoms in total. The number of aryl methyl sites for hydroxylation is 1. The van der Waals surface area contributed by atoms with E-state index in [4.69, 9.17) is 9.26 Å². The summed E-state index contributed by atoms with van der Waals surface area (Å²) in [4.78, 5) is 11.7. The number of hydrogen-bond acceptors (Lipinski definition) is 5. The quantitative estimate of drug-likeness (QED) is 0.791. The van der Waals surface area contributed by atoms with Crippen molar-refractivity contribution >= 4 is 5.91 Å². The van der Waals surface area contributed by atoms with Crippen molar-refractivity contribution < 1.29 is 27.2 Å². The highest BCUT2D eigenvalue weighted by molar-refractivity contribution is 5.92. The van der Waals surface area contributed by atoms with E-state index >= 15 is 0 Å². The fourth-order valence-corrected chi connectivity index (χ4v) is 2.17. The maximum absolute atomic E-state index is 12.2. The molecule has 138 valence electrons. The van der Waals surface area contributed by atoms with Crippen molar-refractivity contribution in [2.45, 2.75) is 39.5 Å². The number of H-pyrrole nitrogens is 1. The monoisotopic (exact) mass is 360 g/mol. The summed E-state index contributed by atoms with van der Waals surface area (Å²) in [6.45, 7) is 4.29. The molecular formula is C15H19F3N4O3. The molecule has 2 N–H and O–H groups in total. The van der Waals surface area contributed by atoms with Gasteiger partial charge in [-0.2, -0.15) is 13.2 Å². The number of halogens is 3. The van der Waals surface area contributed by atoms with Crippen molar-refractivity contribution in [1.82, 2.24) is 20.7 Å². The van der Waals surface area contributed by atoms with Crippen LogP contribution in [0.2, 0.25) is 0 Å². The van der Waals surface area contributed by atoms with Crippen LogP contribution in [0, 0.1) is 12.8 Å². The van der Waals surface area contributed by atoms with Gasteiger partial charge in [0.2, 0.25) is 5.88 Å². The number of carbonyl (C=O) groups is 1. The summed E-state index contributed by atoms with van der Waals surface area (Å²) in [7, 11) is 0. The lowest BCUT2D eigenvalue weighted by molar-refractivity contribution is -0.123. The predicted octanol–water partition coefficient (Wildman–Crippen LogP) is 3.16. The molecule has 0 aliphatic heterocycles. The highest BCUT2D eigenvalue weighted by atomic mass is 19.4. The van der Waals surface area contributed by atoms with E-state index in [-0.39, 0.29) is 17.5 Å². The normalized spacial score (nSPS) is 14.2. The van der Waals surface area contributed by atoms with E-state index in [1.165, 1.54) is 6.07 Å². The third-order valence-electron chi connectivity index (χ3n) is 3.75. The largest absolute Gasteiger partial charge is 0.468 e. The van der Waals surface area contributed by atoms with Crippen LogP contribution in [0.4, 0.5) is 13.2 Å². The van der Waals surface area contributed by atoms with Crippen molar-refractivity contribution in [3.8, 4) is 5.88 Å². The molecule has 2 aromatic rings. The zero-order chi connectivity index (χ0) is 18.6. The van der Waals surface area contributed by atoms with Gasteiger partial charge in [-0.25, -0.2) is 0 Å². The molecule has 0 radical (unpaired) electrons. The van der Waals surface area contributed by atoms with Crippen LogP contribution in [-0.4, -0.2) is 34.0 Å². The molecule has 0 saturated carbocycles. The summed E-state index contributed by atoms with van der Waals surface area (Å²) in [6.07, 6.45) is -2.54. The maximum Gasteiger partial charge on any atom is 0.405 e. The Morgan fingerprint density at radius 2 is 2.20 bits per heavy atom. The Balaban J connectivity index is 2.10. The number of aromatic amines is 1. The summed E-state index contributed by atoms with van der Waals surface area (Å²) in [5, 5.41) is 11.7. The van der Waals surface area contributed by atoms with Crippen LogP contribution in [0.5, 0.6) is 5.88 Å². The van der Waals surface area contributed by atoms with E-state index in [0.717, 1.165) is 12.0 Å². The van der Waals surface area contributed by atoms with Crippen LogP contribution in [0.1, 0.15) is 48.2 Å². The molecule has 0 aliphatic carbocycles. The molecule has 25 heavy (non-hydrogen) atoms. The van der Waals surface area contributed by atoms with E-state index in [1.807, 2.05) is 13.8 Å². The number of aromatic nitrogens is 3. The zero-order valence-electron chi connectivity index (χ0n) is 14.0. The number of amides is 1. The Morgan fingerprint density at radius 3 is 2.76 bits per heavy atom. The van der Waals surface area contributed by atoms with Gasteiger partial charge in [-0.05, 0) is 19.3 Å². The lowest BCUT2D eigenvalue weighted by atomic mass is 9.96. The lowest BCUT2D eigenvalue weighted by Gasteiger charge is -2.22. The maximum atomic E-state index is 12.2. The number of nitrogens with one attached hydrogen (secondary N) is 2. The Labute approximate surface area is 141 Å². The van der Waals surface area contributed by atoms with E-state index in [9.17, 15) is 18.0 Å². The van der Waals surface area contributed by atoms with Crippen LogP contribution in [0.25, 0.3) is 0 Å². The first kappa shape index (κ1) is 18.8. The van der Waals surface area contributed by atoms with Gasteiger partial charge in [0.25, 0.3) is 5.91 Å². The van der Waals surface area contributed by atoms with Gasteiger partial charge < -0.3 is 14.6 Å². The number of rotatable bonds is 7. The number of alkyl halides is 3. The molecule has 0 aliphatic rings. The molecule has 2 aromatic heterocycles. The average Bonchev–Trinajstić information content (AvgIpc) is 3.18. The van der Waals surface area contributed by atoms with E-state index in [0.29, 0.717) is 5.76 Å². The molecular weight excluding hydrogens is 341 g/mol. The van der Waals surface area contributed by atoms with Crippen molar-refractivity contribution in [2.75, 3.05) is 6.54 Å². The summed E-state index contributed by atoms with van der Waals surface area (Å²) in [5.74, 6) is -0.120. The minimum absolute atomic E-state index is 0.0947. The van der Waals surface area contributed by atoms with Gasteiger partial charge in [-0.3, -0.25) is 9.89 Å². The Kier molecular flexibility index (Phi) is 5.70. The summed E-state index contributed by atoms with van der Waals surface area (Å²) < 4.78 is 47.3. The van der Waals surface area contributed by atoms with Crippen molar-refractivity contribution in [2.24, 2.45) is 5.92 Å². The second-order valence-corrected chi connectivity index (χ2v) is 5.68. The molecule has 2 heterocycles. The molecule has 0 saturated heterocycles. The van der Waals surface area contributed by atoms with Crippen LogP contribution in [0.15, 0.2) is 16.8 Å². The second kappa shape index (κ2) is 7.58. The predicted molar refractivity (Wildman–Crippen MR) is 81.0 cm³/mol. The van der Waals surface area contributed by atoms with Gasteiger partial charge in [0.05, 0.1) is 11.8 Å². The van der Waals surface area contributed by atoms with Gasteiger partial charge in [-0.1, -0.05) is 19.0 Å². The van der Waals surface area contributed by atoms with Gasteiger partial charge in [0.1, 0.15) is 24.1 Å². The first-order valence-corrected chi connectivity index (χ1v) is 7.69. The van der Waals surface area contributed by atoms with Crippen molar-refractivity contribution in [1.29, 1.82) is 0 Å². The van der Waals surface area contributed by atoms with Crippen LogP contribution in [-0.2, 0) is 0 Å². The minimum atomic E-state index is -4.48. The molecule has 0 aromatic carbocycles. The van der Waals surface area contributed by atoms with E-state index < -0.39 is 24.7 Å². The number of ether oxygens (including phenoxy) is 1. The topological polar surface area (TPSA) is 93.0 Å². The highest BCUT2D eigenvalue weighted by Gasteiger charge is 2.29. The molecule has 2 atom stereocenters. The second-order valence-electron chi connectivity index (χ2n) is 5.68. The highest BCUT2D eigenvalue weighted by Crippen LogP contribution is 2.31. The van der Waals surface area contributed by atoms with Crippen LogP contribution >= 0.6 is 0 Å². The first-order chi connectivity index (χ1) is 11.7. The number of nitrogens with zero attached hydrogens (tertiary/aromatic N) is 2. The van der Waals surface area contributed by atoms with Crippen LogP contribution in [0.3, 0.4) is 0 Å². The molecule has 0 bridgehead atoms. The van der Waals surface area contributed by atoms with Crippen molar-refractivity contribution in [3.63, 3.8) is 0 Å². The van der Waals surface area contributed by atoms with Crippen LogP contribution < -0.4 is 10.1 Å². The molecule has 10 heteroatoms. The molecule has 0 spiro atoms. The molecule has 1 amide bonds. The van der Waals surface area contributed by atoms with Gasteiger partial charge >= 0.3 is 6.18 Å². The SMILES string of the molecule is CCC(C)C(Oc1cc(C(=O)NCC(F)(F)F)[nH]n1)c1cnoc1C. The fraction of sp³-hybridized carbons (Fsp3) is 0.533. The zero-order valence-corrected chi connectivity index (χ0v) is 14.0. The molecule has 2 unspecified atom stereocenters. The Hall–Kier alpha value is -2.52. The third-order valence-corrected chi connectivity index (χ3v) is 3.75. The lowest BCUT2D eigenvalue weighted by Crippen LogP contribution is -2.33. The fourth-order valence-electron chi connectivity index (χ4n) is 2.17.